The first-order valence-corrected chi connectivity index (χ1v) is 12.4. The lowest BCUT2D eigenvalue weighted by atomic mass is 10.1. The Balaban J connectivity index is 0. The summed E-state index contributed by atoms with van der Waals surface area (Å²) in [5.74, 6) is -1.52. The van der Waals surface area contributed by atoms with Crippen LogP contribution in [0.3, 0.4) is 0 Å². The quantitative estimate of drug-likeness (QED) is 0.319. The number of hydrogen-bond donors (Lipinski definition) is 4. The molecule has 2 fully saturated rings. The average molecular weight is 607 g/mol. The van der Waals surface area contributed by atoms with Gasteiger partial charge in [0.05, 0.1) is 26.3 Å². The number of aliphatic carboxylic acids is 1. The van der Waals surface area contributed by atoms with E-state index in [-0.39, 0.29) is 44.6 Å². The molecule has 0 aromatic heterocycles. The molecule has 0 unspecified atom stereocenters. The van der Waals surface area contributed by atoms with Crippen molar-refractivity contribution in [3.8, 4) is 0 Å². The van der Waals surface area contributed by atoms with Crippen molar-refractivity contribution in [1.29, 1.82) is 0 Å². The van der Waals surface area contributed by atoms with E-state index in [1.807, 2.05) is 0 Å². The number of nitrogens with zero attached hydrogens (tertiary/aromatic N) is 1. The predicted octanol–water partition coefficient (Wildman–Crippen LogP) is 1.67. The van der Waals surface area contributed by atoms with Gasteiger partial charge in [-0.15, -0.1) is 12.4 Å². The number of amides is 3. The third-order valence-corrected chi connectivity index (χ3v) is 4.53. The fourth-order valence-corrected chi connectivity index (χ4v) is 2.66. The summed E-state index contributed by atoms with van der Waals surface area (Å²) in [4.78, 5) is 46.8. The number of carbonyl (C=O) groups is 4. The number of likely N-dealkylation sites (tertiary alicyclic amines) is 1. The molecule has 0 bridgehead atoms. The molecule has 0 radical (unpaired) electrons. The van der Waals surface area contributed by atoms with E-state index in [0.717, 1.165) is 0 Å². The van der Waals surface area contributed by atoms with E-state index >= 15 is 0 Å². The molecule has 2 heterocycles. The van der Waals surface area contributed by atoms with Crippen LogP contribution in [0.25, 0.3) is 0 Å². The van der Waals surface area contributed by atoms with Crippen molar-refractivity contribution < 1.29 is 52.0 Å². The third kappa shape index (κ3) is 18.7. The summed E-state index contributed by atoms with van der Waals surface area (Å²) in [6, 6.07) is -1.95. The monoisotopic (exact) mass is 606 g/mol. The van der Waals surface area contributed by atoms with Crippen molar-refractivity contribution >= 4 is 36.5 Å². The first-order valence-electron chi connectivity index (χ1n) is 12.4. The molecule has 2 rings (SSSR count). The molecule has 16 heteroatoms. The standard InChI is InChI=1S/C12H21FN2O4.C9H17NO5.C3H6FN.ClH/c1-12(2,3)19-11(17)14-9(7-18-4)10(16)15-5-8(13)6-15;1-9(2,3)15-8(13)10-6(5-14-4)7(11)12;4-3-1-5-2-3;/h8-9H,5-7H2,1-4H3,(H,14,17);6H,5H2,1-4H3,(H,10,13)(H,11,12);3,5H,1-2H2;1H/t9-;6-;;/m11../s1. The molecular formula is C24H45ClF2N4O9. The van der Waals surface area contributed by atoms with Crippen molar-refractivity contribution in [2.24, 2.45) is 0 Å². The minimum absolute atomic E-state index is 0. The predicted molar refractivity (Wildman–Crippen MR) is 144 cm³/mol. The van der Waals surface area contributed by atoms with E-state index in [1.54, 1.807) is 41.5 Å². The topological polar surface area (TPSA) is 165 Å². The summed E-state index contributed by atoms with van der Waals surface area (Å²) in [7, 11) is 2.78. The Morgan fingerprint density at radius 2 is 1.23 bits per heavy atom. The van der Waals surface area contributed by atoms with Crippen molar-refractivity contribution in [1.82, 2.24) is 20.9 Å². The van der Waals surface area contributed by atoms with Gasteiger partial charge in [-0.05, 0) is 41.5 Å². The third-order valence-electron chi connectivity index (χ3n) is 4.53. The van der Waals surface area contributed by atoms with Crippen LogP contribution >= 0.6 is 12.4 Å². The highest BCUT2D eigenvalue weighted by Crippen LogP contribution is 2.13. The highest BCUT2D eigenvalue weighted by Gasteiger charge is 2.35. The molecule has 2 saturated heterocycles. The zero-order valence-electron chi connectivity index (χ0n) is 24.4. The van der Waals surface area contributed by atoms with Crippen LogP contribution in [-0.4, -0.2) is 123 Å². The average Bonchev–Trinajstić information content (AvgIpc) is 2.72. The molecule has 0 saturated carbocycles. The fourth-order valence-electron chi connectivity index (χ4n) is 2.66. The van der Waals surface area contributed by atoms with Gasteiger partial charge in [-0.2, -0.15) is 0 Å². The number of carbonyl (C=O) groups excluding carboxylic acids is 3. The van der Waals surface area contributed by atoms with Crippen LogP contribution in [0.1, 0.15) is 41.5 Å². The number of ether oxygens (including phenoxy) is 4. The number of methoxy groups -OCH3 is 2. The second-order valence-electron chi connectivity index (χ2n) is 10.7. The maximum atomic E-state index is 12.7. The van der Waals surface area contributed by atoms with Crippen LogP contribution in [0.15, 0.2) is 0 Å². The first kappa shape index (κ1) is 39.7. The van der Waals surface area contributed by atoms with Gasteiger partial charge in [-0.25, -0.2) is 23.2 Å². The number of alkyl carbamates (subject to hydrolysis) is 2. The Kier molecular flexibility index (Phi) is 18.6. The molecule has 3 amide bonds. The molecule has 0 aromatic carbocycles. The normalized spacial score (nSPS) is 16.5. The Hall–Kier alpha value is -2.49. The van der Waals surface area contributed by atoms with E-state index in [1.165, 1.54) is 19.1 Å². The summed E-state index contributed by atoms with van der Waals surface area (Å²) < 4.78 is 43.7. The van der Waals surface area contributed by atoms with Gasteiger partial charge in [0.15, 0.2) is 6.04 Å². The van der Waals surface area contributed by atoms with Crippen LogP contribution < -0.4 is 16.0 Å². The van der Waals surface area contributed by atoms with Gasteiger partial charge in [-0.3, -0.25) is 4.79 Å². The van der Waals surface area contributed by atoms with Crippen LogP contribution in [0.4, 0.5) is 18.4 Å². The second kappa shape index (κ2) is 18.8. The SMILES string of the molecule is COC[C@@H](NC(=O)OC(C)(C)C)C(=O)N1CC(F)C1.COC[C@@H](NC(=O)OC(C)(C)C)C(=O)O.Cl.FC1CNC1. The van der Waals surface area contributed by atoms with Crippen molar-refractivity contribution in [2.45, 2.75) is 77.2 Å². The van der Waals surface area contributed by atoms with Gasteiger partial charge < -0.3 is 44.9 Å². The Morgan fingerprint density at radius 3 is 1.50 bits per heavy atom. The molecule has 2 atom stereocenters. The van der Waals surface area contributed by atoms with Gasteiger partial charge in [0.1, 0.15) is 29.6 Å². The number of alkyl halides is 2. The van der Waals surface area contributed by atoms with Crippen molar-refractivity contribution in [3.05, 3.63) is 0 Å². The van der Waals surface area contributed by atoms with Crippen molar-refractivity contribution in [2.75, 3.05) is 53.6 Å². The lowest BCUT2D eigenvalue weighted by molar-refractivity contribution is -0.142. The highest BCUT2D eigenvalue weighted by molar-refractivity contribution is 5.86. The highest BCUT2D eigenvalue weighted by atomic mass is 35.5. The number of nitrogens with one attached hydrogen (secondary N) is 3. The molecule has 2 aliphatic heterocycles. The molecule has 0 spiro atoms. The van der Waals surface area contributed by atoms with Gasteiger partial charge in [0.2, 0.25) is 5.91 Å². The molecule has 0 aromatic rings. The zero-order valence-corrected chi connectivity index (χ0v) is 25.2. The van der Waals surface area contributed by atoms with E-state index < -0.39 is 53.8 Å². The summed E-state index contributed by atoms with van der Waals surface area (Å²) in [6.07, 6.45) is -2.99. The van der Waals surface area contributed by atoms with Crippen LogP contribution in [-0.2, 0) is 28.5 Å². The summed E-state index contributed by atoms with van der Waals surface area (Å²) in [5.41, 5.74) is -1.30. The molecule has 40 heavy (non-hydrogen) atoms. The maximum absolute atomic E-state index is 12.7. The number of carboxylic acid groups (broad SMARTS) is 1. The van der Waals surface area contributed by atoms with Crippen LogP contribution in [0.5, 0.6) is 0 Å². The molecule has 4 N–H and O–H groups in total. The van der Waals surface area contributed by atoms with Gasteiger partial charge in [-0.1, -0.05) is 0 Å². The molecular weight excluding hydrogens is 562 g/mol. The minimum Gasteiger partial charge on any atom is -0.480 e. The number of halogens is 3. The Bertz CT molecular complexity index is 787. The number of rotatable bonds is 8. The first-order chi connectivity index (χ1) is 17.9. The van der Waals surface area contributed by atoms with Gasteiger partial charge in [0.25, 0.3) is 0 Å². The van der Waals surface area contributed by atoms with Gasteiger partial charge >= 0.3 is 18.2 Å². The number of hydrogen-bond acceptors (Lipinski definition) is 9. The van der Waals surface area contributed by atoms with E-state index in [2.05, 4.69) is 20.7 Å². The van der Waals surface area contributed by atoms with Crippen molar-refractivity contribution in [3.63, 3.8) is 0 Å². The largest absolute Gasteiger partial charge is 0.480 e. The van der Waals surface area contributed by atoms with E-state index in [9.17, 15) is 28.0 Å². The zero-order chi connectivity index (χ0) is 30.4. The summed E-state index contributed by atoms with van der Waals surface area (Å²) in [6.45, 7) is 11.4. The fraction of sp³-hybridized carbons (Fsp3) is 0.833. The number of carboxylic acids is 1. The second-order valence-corrected chi connectivity index (χ2v) is 10.7. The maximum Gasteiger partial charge on any atom is 0.408 e. The van der Waals surface area contributed by atoms with Crippen LogP contribution in [0, 0.1) is 0 Å². The molecule has 0 aliphatic carbocycles. The molecule has 236 valence electrons. The summed E-state index contributed by atoms with van der Waals surface area (Å²) in [5, 5.41) is 16.1. The Labute approximate surface area is 240 Å². The van der Waals surface area contributed by atoms with E-state index in [0.29, 0.717) is 13.1 Å². The smallest absolute Gasteiger partial charge is 0.408 e. The Morgan fingerprint density at radius 1 is 0.850 bits per heavy atom. The van der Waals surface area contributed by atoms with Crippen LogP contribution in [0.2, 0.25) is 0 Å². The summed E-state index contributed by atoms with van der Waals surface area (Å²) >= 11 is 0. The van der Waals surface area contributed by atoms with Gasteiger partial charge in [0, 0.05) is 27.3 Å². The molecule has 2 aliphatic rings. The molecule has 13 nitrogen and oxygen atoms in total. The van der Waals surface area contributed by atoms with E-state index in [4.69, 9.17) is 19.3 Å². The lowest BCUT2D eigenvalue weighted by Crippen LogP contribution is -2.59. The lowest BCUT2D eigenvalue weighted by Gasteiger charge is -2.36. The minimum atomic E-state index is -1.16.